The van der Waals surface area contributed by atoms with Gasteiger partial charge in [-0.2, -0.15) is 5.10 Å². The predicted molar refractivity (Wildman–Crippen MR) is 78.0 cm³/mol. The molecule has 1 aromatic carbocycles. The lowest BCUT2D eigenvalue weighted by Gasteiger charge is -2.16. The summed E-state index contributed by atoms with van der Waals surface area (Å²) in [6.45, 7) is 5.40. The van der Waals surface area contributed by atoms with E-state index in [4.69, 9.17) is 0 Å². The molecule has 18 heavy (non-hydrogen) atoms. The Hall–Kier alpha value is -1.13. The van der Waals surface area contributed by atoms with Crippen molar-refractivity contribution in [1.29, 1.82) is 0 Å². The number of nitrogens with zero attached hydrogens (tertiary/aromatic N) is 2. The van der Waals surface area contributed by atoms with Crippen LogP contribution in [0, 0.1) is 0 Å². The second-order valence-electron chi connectivity index (χ2n) is 4.33. The van der Waals surface area contributed by atoms with E-state index in [1.165, 1.54) is 5.56 Å². The van der Waals surface area contributed by atoms with Crippen molar-refractivity contribution in [2.75, 3.05) is 6.54 Å². The summed E-state index contributed by atoms with van der Waals surface area (Å²) in [6.07, 6.45) is 4.88. The number of hydrogen-bond acceptors (Lipinski definition) is 2. The Bertz CT molecular complexity index is 494. The first-order valence-electron chi connectivity index (χ1n) is 6.25. The monoisotopic (exact) mass is 307 g/mol. The third-order valence-electron chi connectivity index (χ3n) is 2.92. The number of halogens is 1. The van der Waals surface area contributed by atoms with Gasteiger partial charge in [-0.15, -0.1) is 0 Å². The normalized spacial score (nSPS) is 12.6. The van der Waals surface area contributed by atoms with Crippen molar-refractivity contribution in [1.82, 2.24) is 15.1 Å². The third-order valence-corrected chi connectivity index (χ3v) is 3.61. The average Bonchev–Trinajstić information content (AvgIpc) is 2.89. The van der Waals surface area contributed by atoms with Gasteiger partial charge in [0, 0.05) is 22.9 Å². The molecular weight excluding hydrogens is 290 g/mol. The van der Waals surface area contributed by atoms with Crippen LogP contribution in [-0.2, 0) is 0 Å². The molecule has 1 N–H and O–H groups in total. The second kappa shape index (κ2) is 6.16. The van der Waals surface area contributed by atoms with Crippen LogP contribution in [0.5, 0.6) is 0 Å². The summed E-state index contributed by atoms with van der Waals surface area (Å²) >= 11 is 3.64. The summed E-state index contributed by atoms with van der Waals surface area (Å²) in [5.74, 6) is 0. The van der Waals surface area contributed by atoms with E-state index in [-0.39, 0.29) is 0 Å². The van der Waals surface area contributed by atoms with Crippen LogP contribution in [0.3, 0.4) is 0 Å². The third kappa shape index (κ3) is 3.00. The van der Waals surface area contributed by atoms with Crippen molar-refractivity contribution in [3.63, 3.8) is 0 Å². The lowest BCUT2D eigenvalue weighted by Crippen LogP contribution is -2.19. The van der Waals surface area contributed by atoms with Gasteiger partial charge < -0.3 is 5.32 Å². The van der Waals surface area contributed by atoms with E-state index in [1.54, 1.807) is 6.20 Å². The molecule has 96 valence electrons. The largest absolute Gasteiger partial charge is 0.310 e. The first kappa shape index (κ1) is 13.3. The summed E-state index contributed by atoms with van der Waals surface area (Å²) in [4.78, 5) is 0. The molecule has 0 fully saturated rings. The fourth-order valence-corrected chi connectivity index (χ4v) is 2.61. The van der Waals surface area contributed by atoms with E-state index < -0.39 is 0 Å². The molecule has 4 heteroatoms. The highest BCUT2D eigenvalue weighted by molar-refractivity contribution is 9.10. The molecule has 2 rings (SSSR count). The van der Waals surface area contributed by atoms with Gasteiger partial charge in [-0.1, -0.05) is 28.9 Å². The summed E-state index contributed by atoms with van der Waals surface area (Å²) < 4.78 is 2.98. The average molecular weight is 308 g/mol. The van der Waals surface area contributed by atoms with Crippen LogP contribution in [0.25, 0.3) is 5.69 Å². The molecule has 0 saturated heterocycles. The van der Waals surface area contributed by atoms with Gasteiger partial charge in [-0.25, -0.2) is 4.68 Å². The van der Waals surface area contributed by atoms with Crippen molar-refractivity contribution in [3.05, 3.63) is 46.7 Å². The highest BCUT2D eigenvalue weighted by atomic mass is 79.9. The van der Waals surface area contributed by atoms with Crippen LogP contribution in [0.15, 0.2) is 41.1 Å². The van der Waals surface area contributed by atoms with Gasteiger partial charge in [0.25, 0.3) is 0 Å². The zero-order chi connectivity index (χ0) is 13.0. The molecule has 0 spiro atoms. The fraction of sp³-hybridized carbons (Fsp3) is 0.357. The molecule has 0 bridgehead atoms. The zero-order valence-electron chi connectivity index (χ0n) is 10.7. The molecule has 1 unspecified atom stereocenters. The van der Waals surface area contributed by atoms with Crippen LogP contribution in [0.2, 0.25) is 0 Å². The number of nitrogens with one attached hydrogen (secondary N) is 1. The van der Waals surface area contributed by atoms with Gasteiger partial charge in [-0.05, 0) is 43.7 Å². The number of rotatable bonds is 5. The van der Waals surface area contributed by atoms with Crippen molar-refractivity contribution in [2.45, 2.75) is 26.3 Å². The molecule has 3 nitrogen and oxygen atoms in total. The first-order valence-corrected chi connectivity index (χ1v) is 7.04. The van der Waals surface area contributed by atoms with Gasteiger partial charge in [-0.3, -0.25) is 0 Å². The molecular formula is C14H18BrN3. The number of aromatic nitrogens is 2. The first-order chi connectivity index (χ1) is 8.72. The Morgan fingerprint density at radius 1 is 1.44 bits per heavy atom. The minimum absolute atomic E-state index is 0.353. The number of hydrogen-bond donors (Lipinski definition) is 1. The van der Waals surface area contributed by atoms with Crippen molar-refractivity contribution in [2.24, 2.45) is 0 Å². The summed E-state index contributed by atoms with van der Waals surface area (Å²) in [5, 5.41) is 7.72. The minimum Gasteiger partial charge on any atom is -0.310 e. The second-order valence-corrected chi connectivity index (χ2v) is 5.19. The van der Waals surface area contributed by atoms with E-state index >= 15 is 0 Å². The molecule has 0 aliphatic heterocycles. The van der Waals surface area contributed by atoms with E-state index in [9.17, 15) is 0 Å². The summed E-state index contributed by atoms with van der Waals surface area (Å²) in [7, 11) is 0. The summed E-state index contributed by atoms with van der Waals surface area (Å²) in [5.41, 5.74) is 2.35. The molecule has 1 atom stereocenters. The van der Waals surface area contributed by atoms with Crippen LogP contribution in [-0.4, -0.2) is 16.3 Å². The maximum atomic E-state index is 4.23. The van der Waals surface area contributed by atoms with Crippen LogP contribution in [0.4, 0.5) is 0 Å². The van der Waals surface area contributed by atoms with Crippen molar-refractivity contribution in [3.8, 4) is 5.69 Å². The Morgan fingerprint density at radius 3 is 2.89 bits per heavy atom. The van der Waals surface area contributed by atoms with Crippen LogP contribution in [0.1, 0.15) is 31.9 Å². The molecule has 0 amide bonds. The molecule has 2 aromatic rings. The smallest absolute Gasteiger partial charge is 0.0656 e. The van der Waals surface area contributed by atoms with Gasteiger partial charge in [0.05, 0.1) is 5.69 Å². The van der Waals surface area contributed by atoms with E-state index in [0.29, 0.717) is 6.04 Å². The van der Waals surface area contributed by atoms with Crippen LogP contribution >= 0.6 is 15.9 Å². The fourth-order valence-electron chi connectivity index (χ4n) is 1.90. The lowest BCUT2D eigenvalue weighted by molar-refractivity contribution is 0.569. The van der Waals surface area contributed by atoms with E-state index in [1.807, 2.05) is 16.9 Å². The highest BCUT2D eigenvalue weighted by Gasteiger charge is 2.09. The maximum Gasteiger partial charge on any atom is 0.0656 e. The van der Waals surface area contributed by atoms with Gasteiger partial charge in [0.15, 0.2) is 0 Å². The SMILES string of the molecule is CCCNC(C)c1ccc(-n2cccn2)cc1Br. The zero-order valence-corrected chi connectivity index (χ0v) is 12.3. The lowest BCUT2D eigenvalue weighted by atomic mass is 10.1. The van der Waals surface area contributed by atoms with Gasteiger partial charge in [0.2, 0.25) is 0 Å². The van der Waals surface area contributed by atoms with Crippen LogP contribution < -0.4 is 5.32 Å². The molecule has 1 aromatic heterocycles. The standard InChI is InChI=1S/C14H18BrN3/c1-3-7-16-11(2)13-6-5-12(10-14(13)15)18-9-4-8-17-18/h4-6,8-11,16H,3,7H2,1-2H3. The maximum absolute atomic E-state index is 4.23. The quantitative estimate of drug-likeness (QED) is 0.913. The Morgan fingerprint density at radius 2 is 2.28 bits per heavy atom. The van der Waals surface area contributed by atoms with E-state index in [0.717, 1.165) is 23.1 Å². The minimum atomic E-state index is 0.353. The van der Waals surface area contributed by atoms with E-state index in [2.05, 4.69) is 58.4 Å². The molecule has 0 saturated carbocycles. The Kier molecular flexibility index (Phi) is 4.55. The van der Waals surface area contributed by atoms with Gasteiger partial charge in [0.1, 0.15) is 0 Å². The molecule has 0 aliphatic rings. The molecule has 1 heterocycles. The Balaban J connectivity index is 2.20. The molecule has 0 radical (unpaired) electrons. The topological polar surface area (TPSA) is 29.9 Å². The predicted octanol–water partition coefficient (Wildman–Crippen LogP) is 3.70. The van der Waals surface area contributed by atoms with Crippen molar-refractivity contribution < 1.29 is 0 Å². The Labute approximate surface area is 116 Å². The van der Waals surface area contributed by atoms with Gasteiger partial charge >= 0.3 is 0 Å². The van der Waals surface area contributed by atoms with Crippen molar-refractivity contribution >= 4 is 15.9 Å². The molecule has 0 aliphatic carbocycles. The summed E-state index contributed by atoms with van der Waals surface area (Å²) in [6, 6.07) is 8.62. The highest BCUT2D eigenvalue weighted by Crippen LogP contribution is 2.25. The number of benzene rings is 1.